The van der Waals surface area contributed by atoms with Crippen molar-refractivity contribution in [2.45, 2.75) is 6.90 Å². The fraction of sp³-hybridized carbons (Fsp3) is 0.0769. The lowest BCUT2D eigenvalue weighted by Crippen LogP contribution is -1.83. The van der Waals surface area contributed by atoms with Gasteiger partial charge in [-0.15, -0.1) is 0 Å². The van der Waals surface area contributed by atoms with Crippen molar-refractivity contribution in [3.05, 3.63) is 60.2 Å². The molecular weight excluding hydrogens is 172 g/mol. The van der Waals surface area contributed by atoms with E-state index in [1.54, 1.807) is 0 Å². The van der Waals surface area contributed by atoms with Crippen molar-refractivity contribution in [2.24, 2.45) is 0 Å². The average Bonchev–Trinajstić information content (AvgIpc) is 2.31. The predicted octanol–water partition coefficient (Wildman–Crippen LogP) is 3.79. The second-order valence-electron chi connectivity index (χ2n) is 3.06. The van der Waals surface area contributed by atoms with Crippen LogP contribution in [0.5, 0.6) is 11.5 Å². The van der Waals surface area contributed by atoms with E-state index in [1.165, 1.54) is 0 Å². The lowest BCUT2D eigenvalue weighted by Gasteiger charge is -2.05. The van der Waals surface area contributed by atoms with Crippen LogP contribution < -0.4 is 4.74 Å². The van der Waals surface area contributed by atoms with Crippen LogP contribution in [0.25, 0.3) is 0 Å². The smallest absolute Gasteiger partial charge is 0.127 e. The largest absolute Gasteiger partial charge is 0.457 e. The minimum Gasteiger partial charge on any atom is -0.457 e. The SMILES string of the molecule is [2H]Cc1cccc(Oc2ccccc2)c1. The Kier molecular flexibility index (Phi) is 2.16. The van der Waals surface area contributed by atoms with Gasteiger partial charge in [-0.2, -0.15) is 0 Å². The fourth-order valence-corrected chi connectivity index (χ4v) is 1.23. The normalized spacial score (nSPS) is 10.7. The van der Waals surface area contributed by atoms with Crippen LogP contribution in [-0.4, -0.2) is 0 Å². The van der Waals surface area contributed by atoms with Crippen LogP contribution >= 0.6 is 0 Å². The monoisotopic (exact) mass is 185 g/mol. The number of hydrogen-bond acceptors (Lipinski definition) is 1. The summed E-state index contributed by atoms with van der Waals surface area (Å²) in [4.78, 5) is 0. The van der Waals surface area contributed by atoms with Gasteiger partial charge in [0.1, 0.15) is 11.5 Å². The summed E-state index contributed by atoms with van der Waals surface area (Å²) in [6.07, 6.45) is 0. The number of para-hydroxylation sites is 1. The van der Waals surface area contributed by atoms with Crippen LogP contribution in [0.2, 0.25) is 0 Å². The molecular formula is C13H12O. The van der Waals surface area contributed by atoms with Gasteiger partial charge in [0, 0.05) is 1.37 Å². The highest BCUT2D eigenvalue weighted by Gasteiger charge is 1.95. The first-order valence-electron chi connectivity index (χ1n) is 5.20. The summed E-state index contributed by atoms with van der Waals surface area (Å²) >= 11 is 0. The predicted molar refractivity (Wildman–Crippen MR) is 57.7 cm³/mol. The zero-order chi connectivity index (χ0) is 10.5. The Bertz CT molecular complexity index is 426. The molecule has 2 aromatic carbocycles. The highest BCUT2D eigenvalue weighted by molar-refractivity contribution is 5.33. The van der Waals surface area contributed by atoms with Gasteiger partial charge < -0.3 is 4.74 Å². The number of rotatable bonds is 2. The quantitative estimate of drug-likeness (QED) is 0.691. The van der Waals surface area contributed by atoms with E-state index >= 15 is 0 Å². The van der Waals surface area contributed by atoms with E-state index in [0.29, 0.717) is 0 Å². The number of benzene rings is 2. The van der Waals surface area contributed by atoms with Crippen LogP contribution in [0.3, 0.4) is 0 Å². The Labute approximate surface area is 85.4 Å². The topological polar surface area (TPSA) is 9.23 Å². The van der Waals surface area contributed by atoms with Crippen molar-refractivity contribution in [1.29, 1.82) is 0 Å². The van der Waals surface area contributed by atoms with Crippen molar-refractivity contribution < 1.29 is 6.11 Å². The van der Waals surface area contributed by atoms with E-state index < -0.39 is 0 Å². The zero-order valence-corrected chi connectivity index (χ0v) is 7.81. The van der Waals surface area contributed by atoms with Gasteiger partial charge in [-0.1, -0.05) is 30.3 Å². The summed E-state index contributed by atoms with van der Waals surface area (Å²) in [7, 11) is 0. The molecule has 0 aliphatic rings. The first-order chi connectivity index (χ1) is 7.38. The van der Waals surface area contributed by atoms with Crippen molar-refractivity contribution in [3.63, 3.8) is 0 Å². The Balaban J connectivity index is 2.17. The van der Waals surface area contributed by atoms with Crippen molar-refractivity contribution in [1.82, 2.24) is 0 Å². The van der Waals surface area contributed by atoms with E-state index in [1.807, 2.05) is 54.6 Å². The highest BCUT2D eigenvalue weighted by Crippen LogP contribution is 2.21. The Morgan fingerprint density at radius 2 is 1.71 bits per heavy atom. The van der Waals surface area contributed by atoms with Crippen molar-refractivity contribution >= 4 is 0 Å². The molecule has 0 N–H and O–H groups in total. The van der Waals surface area contributed by atoms with E-state index in [9.17, 15) is 0 Å². The van der Waals surface area contributed by atoms with E-state index in [2.05, 4.69) is 0 Å². The van der Waals surface area contributed by atoms with E-state index in [4.69, 9.17) is 6.11 Å². The third kappa shape index (κ3) is 2.13. The maximum atomic E-state index is 7.26. The molecule has 0 atom stereocenters. The van der Waals surface area contributed by atoms with Crippen LogP contribution in [-0.2, 0) is 0 Å². The lowest BCUT2D eigenvalue weighted by molar-refractivity contribution is 0.482. The summed E-state index contributed by atoms with van der Waals surface area (Å²) in [5.74, 6) is 1.60. The first kappa shape index (κ1) is 7.63. The fourth-order valence-electron chi connectivity index (χ4n) is 1.23. The number of ether oxygens (including phenoxy) is 1. The molecule has 2 rings (SSSR count). The van der Waals surface area contributed by atoms with Gasteiger partial charge in [0.2, 0.25) is 0 Å². The number of aryl methyl sites for hydroxylation is 1. The van der Waals surface area contributed by atoms with Gasteiger partial charge >= 0.3 is 0 Å². The van der Waals surface area contributed by atoms with Gasteiger partial charge in [-0.25, -0.2) is 0 Å². The zero-order valence-electron chi connectivity index (χ0n) is 8.81. The molecule has 0 fully saturated rings. The summed E-state index contributed by atoms with van der Waals surface area (Å²) in [5, 5.41) is 0. The molecule has 0 heterocycles. The highest BCUT2D eigenvalue weighted by atomic mass is 16.5. The molecule has 2 aromatic rings. The third-order valence-electron chi connectivity index (χ3n) is 1.88. The summed E-state index contributed by atoms with van der Waals surface area (Å²) < 4.78 is 12.9. The van der Waals surface area contributed by atoms with Crippen LogP contribution in [0.1, 0.15) is 6.93 Å². The molecule has 0 spiro atoms. The van der Waals surface area contributed by atoms with Crippen LogP contribution in [0.4, 0.5) is 0 Å². The van der Waals surface area contributed by atoms with E-state index in [-0.39, 0.29) is 6.90 Å². The maximum Gasteiger partial charge on any atom is 0.127 e. The van der Waals surface area contributed by atoms with Gasteiger partial charge in [0.25, 0.3) is 0 Å². The lowest BCUT2D eigenvalue weighted by atomic mass is 10.2. The molecule has 0 aromatic heterocycles. The van der Waals surface area contributed by atoms with Crippen LogP contribution in [0, 0.1) is 6.90 Å². The minimum atomic E-state index is 0.284. The molecule has 1 heteroatoms. The second kappa shape index (κ2) is 3.97. The molecule has 0 unspecified atom stereocenters. The van der Waals surface area contributed by atoms with Gasteiger partial charge in [-0.05, 0) is 36.7 Å². The second-order valence-corrected chi connectivity index (χ2v) is 3.06. The molecule has 0 aliphatic carbocycles. The summed E-state index contributed by atoms with van der Waals surface area (Å²) in [5.41, 5.74) is 0.962. The molecule has 0 radical (unpaired) electrons. The van der Waals surface area contributed by atoms with Crippen LogP contribution in [0.15, 0.2) is 54.6 Å². The molecule has 1 nitrogen and oxygen atoms in total. The maximum absolute atomic E-state index is 7.26. The summed E-state index contributed by atoms with van der Waals surface area (Å²) in [6.45, 7) is 0.284. The molecule has 14 heavy (non-hydrogen) atoms. The summed E-state index contributed by atoms with van der Waals surface area (Å²) in [6, 6.07) is 17.3. The van der Waals surface area contributed by atoms with Gasteiger partial charge in [0.05, 0.1) is 0 Å². The molecule has 0 bridgehead atoms. The third-order valence-corrected chi connectivity index (χ3v) is 1.88. The Morgan fingerprint density at radius 1 is 0.929 bits per heavy atom. The molecule has 0 aliphatic heterocycles. The Hall–Kier alpha value is -1.76. The van der Waals surface area contributed by atoms with Gasteiger partial charge in [0.15, 0.2) is 0 Å². The first-order valence-corrected chi connectivity index (χ1v) is 4.49. The van der Waals surface area contributed by atoms with Gasteiger partial charge in [-0.3, -0.25) is 0 Å². The number of hydrogen-bond donors (Lipinski definition) is 0. The van der Waals surface area contributed by atoms with E-state index in [0.717, 1.165) is 17.1 Å². The molecule has 0 saturated carbocycles. The molecule has 0 saturated heterocycles. The van der Waals surface area contributed by atoms with Crippen molar-refractivity contribution in [3.8, 4) is 11.5 Å². The minimum absolute atomic E-state index is 0.284. The average molecular weight is 185 g/mol. The van der Waals surface area contributed by atoms with Crippen molar-refractivity contribution in [2.75, 3.05) is 0 Å². The molecule has 70 valence electrons. The Morgan fingerprint density at radius 3 is 2.50 bits per heavy atom. The molecule has 0 amide bonds. The standard InChI is InChI=1S/C13H12O/c1-11-6-5-9-13(10-11)14-12-7-3-2-4-8-12/h2-10H,1H3/i1D.